The molecular formula is C15H19FN4S2. The van der Waals surface area contributed by atoms with E-state index in [4.69, 9.17) is 12.2 Å². The maximum absolute atomic E-state index is 13.7. The molecule has 1 saturated heterocycles. The third kappa shape index (κ3) is 3.71. The third-order valence-corrected chi connectivity index (χ3v) is 5.02. The van der Waals surface area contributed by atoms with E-state index < -0.39 is 0 Å². The maximum Gasteiger partial charge on any atom is 0.209 e. The number of halogens is 1. The minimum Gasteiger partial charge on any atom is -0.328 e. The summed E-state index contributed by atoms with van der Waals surface area (Å²) in [6.07, 6.45) is 2.51. The summed E-state index contributed by atoms with van der Waals surface area (Å²) in [6.45, 7) is 5.14. The first-order valence-electron chi connectivity index (χ1n) is 7.43. The summed E-state index contributed by atoms with van der Waals surface area (Å²) in [4.78, 5) is 2.37. The van der Waals surface area contributed by atoms with E-state index in [1.807, 2.05) is 4.68 Å². The van der Waals surface area contributed by atoms with Gasteiger partial charge in [0, 0.05) is 6.54 Å². The molecule has 0 saturated carbocycles. The molecule has 2 aromatic rings. The van der Waals surface area contributed by atoms with E-state index in [1.54, 1.807) is 18.2 Å². The van der Waals surface area contributed by atoms with Crippen LogP contribution in [0.5, 0.6) is 0 Å². The number of nitrogens with one attached hydrogen (secondary N) is 1. The van der Waals surface area contributed by atoms with Gasteiger partial charge in [0.25, 0.3) is 0 Å². The van der Waals surface area contributed by atoms with E-state index >= 15 is 0 Å². The Morgan fingerprint density at radius 3 is 3.05 bits per heavy atom. The molecule has 2 heterocycles. The van der Waals surface area contributed by atoms with Crippen molar-refractivity contribution in [2.75, 3.05) is 18.4 Å². The highest BCUT2D eigenvalue weighted by Crippen LogP contribution is 2.23. The van der Waals surface area contributed by atoms with Gasteiger partial charge < -0.3 is 5.32 Å². The van der Waals surface area contributed by atoms with Crippen LogP contribution in [0.4, 0.5) is 15.2 Å². The average Bonchev–Trinajstić information content (AvgIpc) is 2.81. The summed E-state index contributed by atoms with van der Waals surface area (Å²) >= 11 is 6.75. The van der Waals surface area contributed by atoms with Crippen LogP contribution in [0.15, 0.2) is 24.3 Å². The normalized spacial score (nSPS) is 19.3. The van der Waals surface area contributed by atoms with Crippen molar-refractivity contribution in [2.45, 2.75) is 26.4 Å². The quantitative estimate of drug-likeness (QED) is 0.845. The predicted molar refractivity (Wildman–Crippen MR) is 90.6 cm³/mol. The number of hydrogen-bond acceptors (Lipinski definition) is 5. The maximum atomic E-state index is 13.7. The van der Waals surface area contributed by atoms with Gasteiger partial charge in [-0.3, -0.25) is 4.90 Å². The van der Waals surface area contributed by atoms with Gasteiger partial charge in [-0.25, -0.2) is 9.07 Å². The standard InChI is InChI=1S/C15H19FN4S2/c1-11-5-4-8-19(9-11)10-20-15(21)22-14(18-20)17-13-7-3-2-6-12(13)16/h2-3,6-7,11H,4-5,8-10H2,1H3,(H,17,18)/t11-/m1/s1. The zero-order valence-corrected chi connectivity index (χ0v) is 14.1. The summed E-state index contributed by atoms with van der Waals surface area (Å²) in [7, 11) is 0. The lowest BCUT2D eigenvalue weighted by Crippen LogP contribution is -2.36. The fourth-order valence-electron chi connectivity index (χ4n) is 2.73. The molecule has 0 aliphatic carbocycles. The van der Waals surface area contributed by atoms with Crippen molar-refractivity contribution in [3.05, 3.63) is 34.0 Å². The van der Waals surface area contributed by atoms with Crippen molar-refractivity contribution in [3.63, 3.8) is 0 Å². The summed E-state index contributed by atoms with van der Waals surface area (Å²) in [5.74, 6) is 0.428. The number of hydrogen-bond donors (Lipinski definition) is 1. The topological polar surface area (TPSA) is 33.1 Å². The van der Waals surface area contributed by atoms with Crippen LogP contribution in [0.2, 0.25) is 0 Å². The molecule has 0 amide bonds. The number of piperidine rings is 1. The highest BCUT2D eigenvalue weighted by molar-refractivity contribution is 7.73. The van der Waals surface area contributed by atoms with Crippen molar-refractivity contribution in [1.82, 2.24) is 14.7 Å². The van der Waals surface area contributed by atoms with Crippen LogP contribution in [0.1, 0.15) is 19.8 Å². The molecule has 4 nitrogen and oxygen atoms in total. The van der Waals surface area contributed by atoms with E-state index in [0.29, 0.717) is 21.4 Å². The van der Waals surface area contributed by atoms with Gasteiger partial charge in [0.05, 0.1) is 12.4 Å². The van der Waals surface area contributed by atoms with Crippen LogP contribution in [0, 0.1) is 15.7 Å². The smallest absolute Gasteiger partial charge is 0.209 e. The van der Waals surface area contributed by atoms with E-state index in [1.165, 1.54) is 30.2 Å². The van der Waals surface area contributed by atoms with Gasteiger partial charge in [-0.15, -0.1) is 5.10 Å². The highest BCUT2D eigenvalue weighted by atomic mass is 32.1. The fourth-order valence-corrected chi connectivity index (χ4v) is 3.73. The largest absolute Gasteiger partial charge is 0.328 e. The van der Waals surface area contributed by atoms with E-state index in [-0.39, 0.29) is 5.82 Å². The van der Waals surface area contributed by atoms with Crippen molar-refractivity contribution >= 4 is 34.4 Å². The number of nitrogens with zero attached hydrogens (tertiary/aromatic N) is 3. The lowest BCUT2D eigenvalue weighted by Gasteiger charge is -2.30. The molecule has 22 heavy (non-hydrogen) atoms. The van der Waals surface area contributed by atoms with Crippen LogP contribution in [0.3, 0.4) is 0 Å². The lowest BCUT2D eigenvalue weighted by atomic mass is 10.0. The number of anilines is 2. The first kappa shape index (κ1) is 15.6. The molecule has 1 aliphatic heterocycles. The van der Waals surface area contributed by atoms with Gasteiger partial charge in [0.1, 0.15) is 5.82 Å². The molecular weight excluding hydrogens is 319 g/mol. The molecule has 7 heteroatoms. The summed E-state index contributed by atoms with van der Waals surface area (Å²) < 4.78 is 16.2. The Hall–Kier alpha value is -1.31. The molecule has 3 rings (SSSR count). The first-order valence-corrected chi connectivity index (χ1v) is 8.66. The van der Waals surface area contributed by atoms with Crippen LogP contribution in [-0.4, -0.2) is 27.8 Å². The van der Waals surface area contributed by atoms with Crippen LogP contribution >= 0.6 is 23.6 Å². The zero-order valence-electron chi connectivity index (χ0n) is 12.5. The molecule has 1 aromatic carbocycles. The number of benzene rings is 1. The fraction of sp³-hybridized carbons (Fsp3) is 0.467. The molecule has 1 aliphatic rings. The SMILES string of the molecule is C[C@@H]1CCCN(Cn2nc(Nc3ccccc3F)sc2=S)C1. The van der Waals surface area contributed by atoms with E-state index in [2.05, 4.69) is 22.2 Å². The monoisotopic (exact) mass is 338 g/mol. The Morgan fingerprint density at radius 2 is 2.27 bits per heavy atom. The number of aromatic nitrogens is 2. The second kappa shape index (κ2) is 6.85. The molecule has 1 N–H and O–H groups in total. The number of rotatable bonds is 4. The van der Waals surface area contributed by atoms with Gasteiger partial charge in [-0.2, -0.15) is 0 Å². The lowest BCUT2D eigenvalue weighted by molar-refractivity contribution is 0.138. The predicted octanol–water partition coefficient (Wildman–Crippen LogP) is 4.25. The van der Waals surface area contributed by atoms with Gasteiger partial charge in [-0.05, 0) is 49.7 Å². The zero-order chi connectivity index (χ0) is 15.5. The molecule has 1 aromatic heterocycles. The van der Waals surface area contributed by atoms with Crippen molar-refractivity contribution in [1.29, 1.82) is 0 Å². The van der Waals surface area contributed by atoms with Crippen molar-refractivity contribution in [2.24, 2.45) is 5.92 Å². The van der Waals surface area contributed by atoms with E-state index in [0.717, 1.165) is 19.0 Å². The summed E-state index contributed by atoms with van der Waals surface area (Å²) in [5, 5.41) is 8.11. The molecule has 0 unspecified atom stereocenters. The molecule has 118 valence electrons. The molecule has 0 spiro atoms. The summed E-state index contributed by atoms with van der Waals surface area (Å²) in [5.41, 5.74) is 0.421. The number of likely N-dealkylation sites (tertiary alicyclic amines) is 1. The molecule has 0 bridgehead atoms. The second-order valence-electron chi connectivity index (χ2n) is 5.74. The van der Waals surface area contributed by atoms with Crippen LogP contribution in [-0.2, 0) is 6.67 Å². The van der Waals surface area contributed by atoms with Gasteiger partial charge in [-0.1, -0.05) is 30.4 Å². The summed E-state index contributed by atoms with van der Waals surface area (Å²) in [6, 6.07) is 6.57. The molecule has 1 fully saturated rings. The second-order valence-corrected chi connectivity index (χ2v) is 7.37. The minimum atomic E-state index is -0.292. The first-order chi connectivity index (χ1) is 10.6. The Bertz CT molecular complexity index is 697. The average molecular weight is 338 g/mol. The molecule has 1 atom stereocenters. The van der Waals surface area contributed by atoms with Gasteiger partial charge >= 0.3 is 0 Å². The Morgan fingerprint density at radius 1 is 1.45 bits per heavy atom. The van der Waals surface area contributed by atoms with Crippen LogP contribution in [0.25, 0.3) is 0 Å². The van der Waals surface area contributed by atoms with E-state index in [9.17, 15) is 4.39 Å². The highest BCUT2D eigenvalue weighted by Gasteiger charge is 2.17. The third-order valence-electron chi connectivity index (χ3n) is 3.80. The van der Waals surface area contributed by atoms with Crippen LogP contribution < -0.4 is 5.32 Å². The minimum absolute atomic E-state index is 0.292. The Balaban J connectivity index is 1.71. The Labute approximate surface area is 138 Å². The van der Waals surface area contributed by atoms with Gasteiger partial charge in [0.2, 0.25) is 5.13 Å². The number of para-hydroxylation sites is 1. The molecule has 0 radical (unpaired) electrons. The Kier molecular flexibility index (Phi) is 4.85. The van der Waals surface area contributed by atoms with Gasteiger partial charge in [0.15, 0.2) is 3.95 Å². The van der Waals surface area contributed by atoms with Crippen molar-refractivity contribution < 1.29 is 4.39 Å². The van der Waals surface area contributed by atoms with Crippen molar-refractivity contribution in [3.8, 4) is 0 Å².